The first kappa shape index (κ1) is 14.6. The van der Waals surface area contributed by atoms with Crippen molar-refractivity contribution in [2.24, 2.45) is 0 Å². The predicted octanol–water partition coefficient (Wildman–Crippen LogP) is 1.34. The average molecular weight is 292 g/mol. The fourth-order valence-corrected chi connectivity index (χ4v) is 3.76. The van der Waals surface area contributed by atoms with Gasteiger partial charge in [0, 0.05) is 44.6 Å². The topological polar surface area (TPSA) is 49.9 Å². The molecule has 2 saturated heterocycles. The van der Waals surface area contributed by atoms with E-state index in [1.807, 2.05) is 4.90 Å². The number of hydrogen-bond donors (Lipinski definition) is 0. The number of piperidine rings is 1. The smallest absolute Gasteiger partial charge is 0.335 e. The number of likely N-dealkylation sites (tertiary alicyclic amines) is 2. The van der Waals surface area contributed by atoms with Crippen LogP contribution in [0.5, 0.6) is 0 Å². The molecule has 0 bridgehead atoms. The molecule has 0 aromatic rings. The summed E-state index contributed by atoms with van der Waals surface area (Å²) >= 11 is 0. The Bertz CT molecular complexity index is 484. The molecule has 0 atom stereocenters. The highest BCUT2D eigenvalue weighted by molar-refractivity contribution is 6.07. The molecule has 0 N–H and O–H groups in total. The van der Waals surface area contributed by atoms with Gasteiger partial charge < -0.3 is 14.5 Å². The largest absolute Gasteiger partial charge is 0.450 e. The fraction of sp³-hybridized carbons (Fsp3) is 0.750. The fourth-order valence-electron chi connectivity index (χ4n) is 3.76. The molecule has 0 unspecified atom stereocenters. The zero-order chi connectivity index (χ0) is 15.0. The Morgan fingerprint density at radius 1 is 1.19 bits per heavy atom. The van der Waals surface area contributed by atoms with E-state index in [2.05, 4.69) is 11.8 Å². The molecule has 5 nitrogen and oxygen atoms in total. The van der Waals surface area contributed by atoms with Gasteiger partial charge in [-0.05, 0) is 26.3 Å². The van der Waals surface area contributed by atoms with Gasteiger partial charge in [0.1, 0.15) is 5.60 Å². The summed E-state index contributed by atoms with van der Waals surface area (Å²) in [7, 11) is 0. The van der Waals surface area contributed by atoms with E-state index >= 15 is 0 Å². The second kappa shape index (κ2) is 5.44. The molecule has 2 fully saturated rings. The lowest BCUT2D eigenvalue weighted by atomic mass is 9.82. The van der Waals surface area contributed by atoms with Gasteiger partial charge in [-0.1, -0.05) is 6.92 Å². The minimum absolute atomic E-state index is 0.0285. The summed E-state index contributed by atoms with van der Waals surface area (Å²) in [6, 6.07) is 0. The summed E-state index contributed by atoms with van der Waals surface area (Å²) in [5, 5.41) is 0. The number of esters is 1. The molecule has 3 aliphatic heterocycles. The SMILES string of the molecule is CCN1CCC2(CC1)OC(=O)C(C)=C2C(=O)N1CCCC1. The number of nitrogens with zero attached hydrogens (tertiary/aromatic N) is 2. The second-order valence-electron chi connectivity index (χ2n) is 6.32. The molecule has 3 rings (SSSR count). The van der Waals surface area contributed by atoms with Crippen LogP contribution in [0, 0.1) is 0 Å². The van der Waals surface area contributed by atoms with Crippen molar-refractivity contribution < 1.29 is 14.3 Å². The third-order valence-electron chi connectivity index (χ3n) is 5.14. The maximum atomic E-state index is 12.9. The van der Waals surface area contributed by atoms with Crippen LogP contribution < -0.4 is 0 Å². The maximum Gasteiger partial charge on any atom is 0.335 e. The zero-order valence-electron chi connectivity index (χ0n) is 13.0. The Morgan fingerprint density at radius 2 is 1.81 bits per heavy atom. The van der Waals surface area contributed by atoms with Crippen LogP contribution >= 0.6 is 0 Å². The van der Waals surface area contributed by atoms with Crippen molar-refractivity contribution in [1.82, 2.24) is 9.80 Å². The second-order valence-corrected chi connectivity index (χ2v) is 6.32. The molecule has 0 aliphatic carbocycles. The van der Waals surface area contributed by atoms with Gasteiger partial charge in [0.15, 0.2) is 0 Å². The van der Waals surface area contributed by atoms with Crippen molar-refractivity contribution in [3.8, 4) is 0 Å². The van der Waals surface area contributed by atoms with Gasteiger partial charge in [-0.25, -0.2) is 4.79 Å². The van der Waals surface area contributed by atoms with Crippen molar-refractivity contribution in [3.63, 3.8) is 0 Å². The molecule has 21 heavy (non-hydrogen) atoms. The van der Waals surface area contributed by atoms with E-state index < -0.39 is 5.60 Å². The van der Waals surface area contributed by atoms with E-state index in [0.29, 0.717) is 11.1 Å². The highest BCUT2D eigenvalue weighted by Crippen LogP contribution is 2.42. The first-order valence-electron chi connectivity index (χ1n) is 8.04. The molecule has 116 valence electrons. The molecule has 5 heteroatoms. The summed E-state index contributed by atoms with van der Waals surface area (Å²) in [5.74, 6) is -0.275. The predicted molar refractivity (Wildman–Crippen MR) is 78.7 cm³/mol. The quantitative estimate of drug-likeness (QED) is 0.721. The standard InChI is InChI=1S/C16H24N2O3/c1-3-17-10-6-16(7-11-17)13(12(2)15(20)21-16)14(19)18-8-4-5-9-18/h3-11H2,1-2H3. The number of ether oxygens (including phenoxy) is 1. The molecule has 1 amide bonds. The van der Waals surface area contributed by atoms with Crippen LogP contribution in [0.2, 0.25) is 0 Å². The monoisotopic (exact) mass is 292 g/mol. The van der Waals surface area contributed by atoms with E-state index in [9.17, 15) is 9.59 Å². The molecule has 3 heterocycles. The van der Waals surface area contributed by atoms with Gasteiger partial charge in [0.05, 0.1) is 5.57 Å². The lowest BCUT2D eigenvalue weighted by molar-refractivity contribution is -0.151. The van der Waals surface area contributed by atoms with Crippen molar-refractivity contribution in [2.45, 2.75) is 45.1 Å². The average Bonchev–Trinajstić information content (AvgIpc) is 3.08. The number of carbonyl (C=O) groups excluding carboxylic acids is 2. The summed E-state index contributed by atoms with van der Waals surface area (Å²) in [4.78, 5) is 29.1. The minimum Gasteiger partial charge on any atom is -0.450 e. The van der Waals surface area contributed by atoms with Crippen molar-refractivity contribution in [1.29, 1.82) is 0 Å². The van der Waals surface area contributed by atoms with Crippen LogP contribution in [0.25, 0.3) is 0 Å². The Balaban J connectivity index is 1.87. The van der Waals surface area contributed by atoms with E-state index in [4.69, 9.17) is 4.74 Å². The number of amides is 1. The summed E-state index contributed by atoms with van der Waals surface area (Å²) in [6.07, 6.45) is 3.59. The van der Waals surface area contributed by atoms with Crippen LogP contribution in [-0.4, -0.2) is 60.0 Å². The molecular weight excluding hydrogens is 268 g/mol. The summed E-state index contributed by atoms with van der Waals surface area (Å²) in [5.41, 5.74) is 0.508. The third kappa shape index (κ3) is 2.37. The van der Waals surface area contributed by atoms with Crippen molar-refractivity contribution >= 4 is 11.9 Å². The maximum absolute atomic E-state index is 12.9. The normalized spacial score (nSPS) is 25.8. The van der Waals surface area contributed by atoms with Crippen LogP contribution in [0.4, 0.5) is 0 Å². The first-order valence-corrected chi connectivity index (χ1v) is 8.04. The summed E-state index contributed by atoms with van der Waals surface area (Å²) < 4.78 is 5.70. The number of rotatable bonds is 2. The van der Waals surface area contributed by atoms with E-state index in [1.54, 1.807) is 6.92 Å². The van der Waals surface area contributed by atoms with Crippen LogP contribution in [0.15, 0.2) is 11.1 Å². The first-order chi connectivity index (χ1) is 10.1. The Morgan fingerprint density at radius 3 is 2.38 bits per heavy atom. The van der Waals surface area contributed by atoms with Crippen LogP contribution in [-0.2, 0) is 14.3 Å². The van der Waals surface area contributed by atoms with Gasteiger partial charge in [-0.3, -0.25) is 4.79 Å². The molecular formula is C16H24N2O3. The molecule has 0 aromatic heterocycles. The minimum atomic E-state index is -0.660. The van der Waals surface area contributed by atoms with Crippen molar-refractivity contribution in [2.75, 3.05) is 32.7 Å². The molecule has 3 aliphatic rings. The molecule has 1 spiro atoms. The van der Waals surface area contributed by atoms with Crippen molar-refractivity contribution in [3.05, 3.63) is 11.1 Å². The van der Waals surface area contributed by atoms with E-state index in [1.165, 1.54) is 0 Å². The molecule has 0 aromatic carbocycles. The number of carbonyl (C=O) groups is 2. The van der Waals surface area contributed by atoms with Crippen LogP contribution in [0.3, 0.4) is 0 Å². The highest BCUT2D eigenvalue weighted by Gasteiger charge is 2.51. The number of hydrogen-bond acceptors (Lipinski definition) is 4. The van der Waals surface area contributed by atoms with Crippen LogP contribution in [0.1, 0.15) is 39.5 Å². The Kier molecular flexibility index (Phi) is 3.78. The van der Waals surface area contributed by atoms with E-state index in [-0.39, 0.29) is 11.9 Å². The Hall–Kier alpha value is -1.36. The zero-order valence-corrected chi connectivity index (χ0v) is 13.0. The van der Waals surface area contributed by atoms with E-state index in [0.717, 1.165) is 58.4 Å². The third-order valence-corrected chi connectivity index (χ3v) is 5.14. The van der Waals surface area contributed by atoms with Gasteiger partial charge in [0.2, 0.25) is 0 Å². The van der Waals surface area contributed by atoms with Gasteiger partial charge in [0.25, 0.3) is 5.91 Å². The molecule has 0 radical (unpaired) electrons. The van der Waals surface area contributed by atoms with Gasteiger partial charge >= 0.3 is 5.97 Å². The Labute approximate surface area is 125 Å². The lowest BCUT2D eigenvalue weighted by Gasteiger charge is -2.39. The highest BCUT2D eigenvalue weighted by atomic mass is 16.6. The lowest BCUT2D eigenvalue weighted by Crippen LogP contribution is -2.49. The van der Waals surface area contributed by atoms with Gasteiger partial charge in [-0.15, -0.1) is 0 Å². The molecule has 0 saturated carbocycles. The van der Waals surface area contributed by atoms with Gasteiger partial charge in [-0.2, -0.15) is 0 Å². The summed E-state index contributed by atoms with van der Waals surface area (Å²) in [6.45, 7) is 8.26.